The first-order chi connectivity index (χ1) is 11.7. The van der Waals surface area contributed by atoms with Crippen LogP contribution in [0.15, 0.2) is 30.5 Å². The molecule has 0 saturated heterocycles. The highest BCUT2D eigenvalue weighted by Crippen LogP contribution is 2.18. The Labute approximate surface area is 145 Å². The molecule has 0 aliphatic carbocycles. The Kier molecular flexibility index (Phi) is 6.05. The lowest BCUT2D eigenvalue weighted by atomic mass is 10.00. The van der Waals surface area contributed by atoms with Crippen molar-refractivity contribution in [1.82, 2.24) is 20.2 Å². The van der Waals surface area contributed by atoms with Crippen LogP contribution in [0.4, 0.5) is 0 Å². The van der Waals surface area contributed by atoms with Crippen molar-refractivity contribution >= 4 is 0 Å². The zero-order valence-corrected chi connectivity index (χ0v) is 15.0. The van der Waals surface area contributed by atoms with Crippen molar-refractivity contribution in [3.63, 3.8) is 0 Å². The molecule has 1 aliphatic rings. The Bertz CT molecular complexity index is 634. The fourth-order valence-electron chi connectivity index (χ4n) is 3.41. The maximum atomic E-state index is 4.47. The maximum Gasteiger partial charge on any atom is 0.106 e. The zero-order chi connectivity index (χ0) is 16.8. The van der Waals surface area contributed by atoms with Gasteiger partial charge in [0, 0.05) is 50.5 Å². The summed E-state index contributed by atoms with van der Waals surface area (Å²) >= 11 is 0. The minimum atomic E-state index is 0.470. The second-order valence-electron chi connectivity index (χ2n) is 6.99. The molecule has 0 spiro atoms. The first-order valence-electron chi connectivity index (χ1n) is 9.30. The molecule has 130 valence electrons. The van der Waals surface area contributed by atoms with E-state index in [0.717, 1.165) is 38.4 Å². The Morgan fingerprint density at radius 2 is 2.12 bits per heavy atom. The van der Waals surface area contributed by atoms with Crippen LogP contribution < -0.4 is 5.32 Å². The monoisotopic (exact) mass is 326 g/mol. The van der Waals surface area contributed by atoms with Crippen molar-refractivity contribution in [2.45, 2.75) is 58.7 Å². The molecule has 4 nitrogen and oxygen atoms in total. The minimum absolute atomic E-state index is 0.470. The summed E-state index contributed by atoms with van der Waals surface area (Å²) in [6.07, 6.45) is 6.61. The average molecular weight is 326 g/mol. The summed E-state index contributed by atoms with van der Waals surface area (Å²) in [5.74, 6) is 1.12. The van der Waals surface area contributed by atoms with Crippen LogP contribution in [0.5, 0.6) is 0 Å². The fourth-order valence-corrected chi connectivity index (χ4v) is 3.41. The van der Waals surface area contributed by atoms with Crippen molar-refractivity contribution < 1.29 is 0 Å². The van der Waals surface area contributed by atoms with E-state index < -0.39 is 0 Å². The Morgan fingerprint density at radius 3 is 2.96 bits per heavy atom. The molecule has 0 bridgehead atoms. The number of rotatable bonds is 8. The van der Waals surface area contributed by atoms with E-state index in [1.54, 1.807) is 0 Å². The molecule has 24 heavy (non-hydrogen) atoms. The summed E-state index contributed by atoms with van der Waals surface area (Å²) in [5, 5.41) is 3.63. The summed E-state index contributed by atoms with van der Waals surface area (Å²) < 4.78 is 0. The lowest BCUT2D eigenvalue weighted by molar-refractivity contribution is 0.229. The van der Waals surface area contributed by atoms with Gasteiger partial charge < -0.3 is 10.3 Å². The fraction of sp³-hybridized carbons (Fsp3) is 0.550. The Morgan fingerprint density at radius 1 is 1.29 bits per heavy atom. The summed E-state index contributed by atoms with van der Waals surface area (Å²) in [5.41, 5.74) is 4.20. The van der Waals surface area contributed by atoms with Gasteiger partial charge in [-0.05, 0) is 30.9 Å². The highest BCUT2D eigenvalue weighted by Gasteiger charge is 2.17. The van der Waals surface area contributed by atoms with Gasteiger partial charge in [0.15, 0.2) is 0 Å². The van der Waals surface area contributed by atoms with Gasteiger partial charge in [-0.2, -0.15) is 0 Å². The van der Waals surface area contributed by atoms with Crippen molar-refractivity contribution in [3.8, 4) is 0 Å². The largest absolute Gasteiger partial charge is 0.345 e. The number of aryl methyl sites for hydroxylation is 1. The maximum absolute atomic E-state index is 4.47. The number of hydrogen-bond acceptors (Lipinski definition) is 3. The minimum Gasteiger partial charge on any atom is -0.345 e. The standard InChI is InChI=1S/C20H30N4/c1-3-4-9-20-22-13-19(23-20)12-21-16(2)14-24-11-10-17-7-5-6-8-18(17)15-24/h5-8,13,16,21H,3-4,9-12,14-15H2,1-2H3,(H,22,23). The first-order valence-corrected chi connectivity index (χ1v) is 9.30. The smallest absolute Gasteiger partial charge is 0.106 e. The number of aromatic nitrogens is 2. The number of H-pyrrole nitrogens is 1. The number of hydrogen-bond donors (Lipinski definition) is 2. The van der Waals surface area contributed by atoms with Crippen molar-refractivity contribution in [1.29, 1.82) is 0 Å². The van der Waals surface area contributed by atoms with Crippen LogP contribution in [0, 0.1) is 0 Å². The van der Waals surface area contributed by atoms with Gasteiger partial charge >= 0.3 is 0 Å². The van der Waals surface area contributed by atoms with Crippen LogP contribution in [-0.2, 0) is 25.9 Å². The van der Waals surface area contributed by atoms with Crippen LogP contribution in [0.1, 0.15) is 49.3 Å². The SMILES string of the molecule is CCCCc1ncc(CNC(C)CN2CCc3ccccc3C2)[nH]1. The first kappa shape index (κ1) is 17.2. The van der Waals surface area contributed by atoms with E-state index in [9.17, 15) is 0 Å². The normalized spacial score (nSPS) is 16.1. The summed E-state index contributed by atoms with van der Waals surface area (Å²) in [6, 6.07) is 9.30. The molecule has 0 amide bonds. The molecular weight excluding hydrogens is 296 g/mol. The molecular formula is C20H30N4. The number of benzene rings is 1. The van der Waals surface area contributed by atoms with Crippen LogP contribution in [0.3, 0.4) is 0 Å². The Balaban J connectivity index is 1.43. The van der Waals surface area contributed by atoms with E-state index in [2.05, 4.69) is 58.3 Å². The van der Waals surface area contributed by atoms with E-state index in [0.29, 0.717) is 6.04 Å². The van der Waals surface area contributed by atoms with Crippen molar-refractivity contribution in [2.75, 3.05) is 13.1 Å². The second-order valence-corrected chi connectivity index (χ2v) is 6.99. The molecule has 4 heteroatoms. The van der Waals surface area contributed by atoms with E-state index in [4.69, 9.17) is 0 Å². The van der Waals surface area contributed by atoms with Gasteiger partial charge in [0.25, 0.3) is 0 Å². The molecule has 2 aromatic rings. The summed E-state index contributed by atoms with van der Waals surface area (Å²) in [4.78, 5) is 10.5. The quantitative estimate of drug-likeness (QED) is 0.782. The number of imidazole rings is 1. The highest BCUT2D eigenvalue weighted by molar-refractivity contribution is 5.29. The molecule has 3 rings (SSSR count). The third kappa shape index (κ3) is 4.68. The van der Waals surface area contributed by atoms with Crippen LogP contribution in [-0.4, -0.2) is 34.0 Å². The Hall–Kier alpha value is -1.65. The highest BCUT2D eigenvalue weighted by atomic mass is 15.2. The van der Waals surface area contributed by atoms with Gasteiger partial charge in [-0.1, -0.05) is 37.6 Å². The van der Waals surface area contributed by atoms with Crippen LogP contribution >= 0.6 is 0 Å². The average Bonchev–Trinajstić information content (AvgIpc) is 3.06. The van der Waals surface area contributed by atoms with Gasteiger partial charge in [0.05, 0.1) is 0 Å². The summed E-state index contributed by atoms with van der Waals surface area (Å²) in [6.45, 7) is 8.68. The molecule has 1 aromatic carbocycles. The molecule has 1 aliphatic heterocycles. The lowest BCUT2D eigenvalue weighted by Crippen LogP contribution is -2.41. The van der Waals surface area contributed by atoms with E-state index in [1.165, 1.54) is 36.1 Å². The van der Waals surface area contributed by atoms with Gasteiger partial charge in [0.1, 0.15) is 5.82 Å². The number of aromatic amines is 1. The van der Waals surface area contributed by atoms with Gasteiger partial charge in [-0.3, -0.25) is 4.90 Å². The van der Waals surface area contributed by atoms with E-state index in [-0.39, 0.29) is 0 Å². The number of fused-ring (bicyclic) bond motifs is 1. The third-order valence-corrected chi connectivity index (χ3v) is 4.83. The molecule has 2 N–H and O–H groups in total. The van der Waals surface area contributed by atoms with E-state index in [1.807, 2.05) is 6.20 Å². The zero-order valence-electron chi connectivity index (χ0n) is 15.0. The number of nitrogens with one attached hydrogen (secondary N) is 2. The molecule has 1 aromatic heterocycles. The van der Waals surface area contributed by atoms with E-state index >= 15 is 0 Å². The predicted molar refractivity (Wildman–Crippen MR) is 98.9 cm³/mol. The molecule has 0 radical (unpaired) electrons. The summed E-state index contributed by atoms with van der Waals surface area (Å²) in [7, 11) is 0. The predicted octanol–water partition coefficient (Wildman–Crippen LogP) is 3.29. The number of nitrogens with zero attached hydrogens (tertiary/aromatic N) is 2. The van der Waals surface area contributed by atoms with Gasteiger partial charge in [-0.15, -0.1) is 0 Å². The number of unbranched alkanes of at least 4 members (excludes halogenated alkanes) is 1. The van der Waals surface area contributed by atoms with Crippen molar-refractivity contribution in [2.24, 2.45) is 0 Å². The van der Waals surface area contributed by atoms with Gasteiger partial charge in [-0.25, -0.2) is 4.98 Å². The lowest BCUT2D eigenvalue weighted by Gasteiger charge is -2.31. The van der Waals surface area contributed by atoms with Crippen molar-refractivity contribution in [3.05, 3.63) is 53.1 Å². The molecule has 2 heterocycles. The molecule has 0 fully saturated rings. The second kappa shape index (κ2) is 8.45. The van der Waals surface area contributed by atoms with Crippen LogP contribution in [0.25, 0.3) is 0 Å². The van der Waals surface area contributed by atoms with Crippen LogP contribution in [0.2, 0.25) is 0 Å². The molecule has 0 saturated carbocycles. The molecule has 1 unspecified atom stereocenters. The topological polar surface area (TPSA) is 44.0 Å². The third-order valence-electron chi connectivity index (χ3n) is 4.83. The van der Waals surface area contributed by atoms with Gasteiger partial charge in [0.2, 0.25) is 0 Å². The molecule has 1 atom stereocenters.